The number of rotatable bonds is 6. The molecule has 1 aromatic heterocycles. The van der Waals surface area contributed by atoms with Crippen LogP contribution in [0.1, 0.15) is 24.8 Å². The molecule has 0 radical (unpaired) electrons. The lowest BCUT2D eigenvalue weighted by Crippen LogP contribution is -2.46. The second kappa shape index (κ2) is 6.87. The average Bonchev–Trinajstić information content (AvgIpc) is 2.81. The Labute approximate surface area is 113 Å². The van der Waals surface area contributed by atoms with Crippen molar-refractivity contribution in [2.45, 2.75) is 25.9 Å². The summed E-state index contributed by atoms with van der Waals surface area (Å²) in [6.45, 7) is 4.49. The van der Waals surface area contributed by atoms with Gasteiger partial charge >= 0.3 is 0 Å². The summed E-state index contributed by atoms with van der Waals surface area (Å²) in [4.78, 5) is 15.2. The number of carbonyl (C=O) groups excluding carboxylic acids is 1. The molecule has 3 N–H and O–H groups in total. The van der Waals surface area contributed by atoms with E-state index in [0.717, 1.165) is 0 Å². The van der Waals surface area contributed by atoms with Gasteiger partial charge in [-0.3, -0.25) is 4.79 Å². The number of nitrogens with two attached hydrogens (primary N) is 1. The summed E-state index contributed by atoms with van der Waals surface area (Å²) in [5, 5.41) is 4.98. The standard InChI is InChI=1S/C13H23N3OS/c1-9(2)12(14)13(17)15-8-10(16(3)4)11-6-5-7-18-11/h5-7,9-10,12H,8,14H2,1-4H3,(H,15,17). The minimum absolute atomic E-state index is 0.0755. The van der Waals surface area contributed by atoms with Crippen molar-refractivity contribution in [3.05, 3.63) is 22.4 Å². The van der Waals surface area contributed by atoms with Crippen molar-refractivity contribution in [1.82, 2.24) is 10.2 Å². The van der Waals surface area contributed by atoms with Crippen LogP contribution in [0.2, 0.25) is 0 Å². The normalized spacial score (nSPS) is 14.8. The summed E-state index contributed by atoms with van der Waals surface area (Å²) in [5.41, 5.74) is 5.82. The third-order valence-electron chi connectivity index (χ3n) is 2.99. The molecule has 2 atom stereocenters. The maximum atomic E-state index is 11.8. The van der Waals surface area contributed by atoms with Gasteiger partial charge in [-0.2, -0.15) is 0 Å². The quantitative estimate of drug-likeness (QED) is 0.822. The van der Waals surface area contributed by atoms with Crippen LogP contribution in [0.15, 0.2) is 17.5 Å². The second-order valence-corrected chi connectivity index (χ2v) is 5.99. The molecule has 18 heavy (non-hydrogen) atoms. The molecule has 0 bridgehead atoms. The summed E-state index contributed by atoms with van der Waals surface area (Å²) in [6, 6.07) is 3.88. The smallest absolute Gasteiger partial charge is 0.237 e. The molecule has 0 aliphatic heterocycles. The van der Waals surface area contributed by atoms with E-state index in [1.807, 2.05) is 39.4 Å². The minimum atomic E-state index is -0.434. The van der Waals surface area contributed by atoms with Gasteiger partial charge in [0.05, 0.1) is 12.1 Å². The Morgan fingerprint density at radius 3 is 2.61 bits per heavy atom. The minimum Gasteiger partial charge on any atom is -0.353 e. The summed E-state index contributed by atoms with van der Waals surface area (Å²) in [6.07, 6.45) is 0. The van der Waals surface area contributed by atoms with E-state index in [1.165, 1.54) is 4.88 Å². The highest BCUT2D eigenvalue weighted by Gasteiger charge is 2.20. The Morgan fingerprint density at radius 1 is 1.50 bits per heavy atom. The van der Waals surface area contributed by atoms with Crippen molar-refractivity contribution < 1.29 is 4.79 Å². The molecule has 1 rings (SSSR count). The van der Waals surface area contributed by atoms with Crippen LogP contribution in [0.3, 0.4) is 0 Å². The fraction of sp³-hybridized carbons (Fsp3) is 0.615. The Bertz CT molecular complexity index is 362. The first-order valence-electron chi connectivity index (χ1n) is 6.16. The van der Waals surface area contributed by atoms with Gasteiger partial charge in [-0.05, 0) is 31.5 Å². The van der Waals surface area contributed by atoms with Gasteiger partial charge in [-0.15, -0.1) is 11.3 Å². The molecule has 0 spiro atoms. The molecule has 5 heteroatoms. The van der Waals surface area contributed by atoms with Gasteiger partial charge in [0.15, 0.2) is 0 Å². The lowest BCUT2D eigenvalue weighted by atomic mass is 10.0. The number of nitrogens with one attached hydrogen (secondary N) is 1. The Balaban J connectivity index is 2.57. The van der Waals surface area contributed by atoms with E-state index >= 15 is 0 Å². The molecule has 1 heterocycles. The maximum absolute atomic E-state index is 11.8. The van der Waals surface area contributed by atoms with Crippen molar-refractivity contribution >= 4 is 17.2 Å². The van der Waals surface area contributed by atoms with Gasteiger partial charge in [-0.1, -0.05) is 19.9 Å². The third kappa shape index (κ3) is 4.08. The molecule has 0 saturated heterocycles. The van der Waals surface area contributed by atoms with Crippen LogP contribution in [0.5, 0.6) is 0 Å². The molecule has 1 aromatic rings. The molecule has 0 aliphatic rings. The van der Waals surface area contributed by atoms with E-state index < -0.39 is 6.04 Å². The van der Waals surface area contributed by atoms with Gasteiger partial charge in [0.2, 0.25) is 5.91 Å². The van der Waals surface area contributed by atoms with E-state index in [9.17, 15) is 4.79 Å². The van der Waals surface area contributed by atoms with Crippen molar-refractivity contribution in [2.75, 3.05) is 20.6 Å². The molecule has 4 nitrogen and oxygen atoms in total. The van der Waals surface area contributed by atoms with Crippen molar-refractivity contribution in [2.24, 2.45) is 11.7 Å². The van der Waals surface area contributed by atoms with Crippen molar-refractivity contribution in [3.8, 4) is 0 Å². The monoisotopic (exact) mass is 269 g/mol. The molecule has 1 amide bonds. The zero-order valence-electron chi connectivity index (χ0n) is 11.5. The van der Waals surface area contributed by atoms with Crippen LogP contribution < -0.4 is 11.1 Å². The number of carbonyl (C=O) groups is 1. The molecule has 0 saturated carbocycles. The average molecular weight is 269 g/mol. The lowest BCUT2D eigenvalue weighted by Gasteiger charge is -2.25. The fourth-order valence-electron chi connectivity index (χ4n) is 1.64. The first-order valence-corrected chi connectivity index (χ1v) is 7.04. The Morgan fingerprint density at radius 2 is 2.17 bits per heavy atom. The van der Waals surface area contributed by atoms with Crippen LogP contribution in [0.4, 0.5) is 0 Å². The first-order chi connectivity index (χ1) is 8.43. The zero-order valence-corrected chi connectivity index (χ0v) is 12.3. The third-order valence-corrected chi connectivity index (χ3v) is 3.96. The number of nitrogens with zero attached hydrogens (tertiary/aromatic N) is 1. The van der Waals surface area contributed by atoms with E-state index in [2.05, 4.69) is 16.3 Å². The predicted molar refractivity (Wildman–Crippen MR) is 76.6 cm³/mol. The molecule has 0 aliphatic carbocycles. The molecular weight excluding hydrogens is 246 g/mol. The van der Waals surface area contributed by atoms with E-state index in [-0.39, 0.29) is 17.9 Å². The van der Waals surface area contributed by atoms with Crippen LogP contribution in [0.25, 0.3) is 0 Å². The van der Waals surface area contributed by atoms with Gasteiger partial charge < -0.3 is 16.0 Å². The van der Waals surface area contributed by atoms with Crippen LogP contribution in [-0.4, -0.2) is 37.5 Å². The lowest BCUT2D eigenvalue weighted by molar-refractivity contribution is -0.123. The highest BCUT2D eigenvalue weighted by atomic mass is 32.1. The van der Waals surface area contributed by atoms with Gasteiger partial charge in [0.1, 0.15) is 0 Å². The number of hydrogen-bond donors (Lipinski definition) is 2. The highest BCUT2D eigenvalue weighted by molar-refractivity contribution is 7.10. The summed E-state index contributed by atoms with van der Waals surface area (Å²) >= 11 is 1.70. The molecule has 0 aromatic carbocycles. The predicted octanol–water partition coefficient (Wildman–Crippen LogP) is 1.45. The highest BCUT2D eigenvalue weighted by Crippen LogP contribution is 2.22. The number of hydrogen-bond acceptors (Lipinski definition) is 4. The summed E-state index contributed by atoms with van der Waals surface area (Å²) in [5.74, 6) is 0.0814. The van der Waals surface area contributed by atoms with E-state index in [4.69, 9.17) is 5.73 Å². The van der Waals surface area contributed by atoms with Crippen molar-refractivity contribution in [3.63, 3.8) is 0 Å². The fourth-order valence-corrected chi connectivity index (χ4v) is 2.56. The summed E-state index contributed by atoms with van der Waals surface area (Å²) < 4.78 is 0. The zero-order chi connectivity index (χ0) is 13.7. The van der Waals surface area contributed by atoms with Gasteiger partial charge in [0.25, 0.3) is 0 Å². The second-order valence-electron chi connectivity index (χ2n) is 5.01. The SMILES string of the molecule is CC(C)C(N)C(=O)NCC(c1cccs1)N(C)C. The molecule has 0 fully saturated rings. The first kappa shape index (κ1) is 15.1. The summed E-state index contributed by atoms with van der Waals surface area (Å²) in [7, 11) is 4.03. The Kier molecular flexibility index (Phi) is 5.78. The molecule has 2 unspecified atom stereocenters. The van der Waals surface area contributed by atoms with E-state index in [1.54, 1.807) is 11.3 Å². The number of thiophene rings is 1. The topological polar surface area (TPSA) is 58.4 Å². The van der Waals surface area contributed by atoms with Gasteiger partial charge in [-0.25, -0.2) is 0 Å². The number of amides is 1. The number of likely N-dealkylation sites (N-methyl/N-ethyl adjacent to an activating group) is 1. The largest absolute Gasteiger partial charge is 0.353 e. The Hall–Kier alpha value is -0.910. The maximum Gasteiger partial charge on any atom is 0.237 e. The molecule has 102 valence electrons. The van der Waals surface area contributed by atoms with Gasteiger partial charge in [0, 0.05) is 11.4 Å². The van der Waals surface area contributed by atoms with Crippen LogP contribution in [0, 0.1) is 5.92 Å². The van der Waals surface area contributed by atoms with E-state index in [0.29, 0.717) is 6.54 Å². The van der Waals surface area contributed by atoms with Crippen LogP contribution in [-0.2, 0) is 4.79 Å². The van der Waals surface area contributed by atoms with Crippen molar-refractivity contribution in [1.29, 1.82) is 0 Å². The van der Waals surface area contributed by atoms with Crippen LogP contribution >= 0.6 is 11.3 Å². The molecular formula is C13H23N3OS.